The molecule has 0 atom stereocenters. The van der Waals surface area contributed by atoms with Gasteiger partial charge >= 0.3 is 5.97 Å². The topological polar surface area (TPSA) is 82.3 Å². The van der Waals surface area contributed by atoms with Gasteiger partial charge in [0.05, 0.1) is 5.71 Å². The number of aryl methyl sites for hydroxylation is 2. The van der Waals surface area contributed by atoms with Gasteiger partial charge in [-0.2, -0.15) is 0 Å². The summed E-state index contributed by atoms with van der Waals surface area (Å²) in [7, 11) is 0. The zero-order valence-corrected chi connectivity index (χ0v) is 19.3. The SMILES string of the molecule is CC(=O)OC(C)(C)C.Cc1sc2c(c1C)C(c1ccncc1)=NCc1nnc(C)n1-2. The molecule has 158 valence electrons. The molecule has 8 heteroatoms. The lowest BCUT2D eigenvalue weighted by atomic mass is 10.0. The molecule has 0 N–H and O–H groups in total. The smallest absolute Gasteiger partial charge is 0.303 e. The maximum atomic E-state index is 10.2. The van der Waals surface area contributed by atoms with Crippen LogP contribution in [0.15, 0.2) is 29.5 Å². The van der Waals surface area contributed by atoms with Crippen LogP contribution in [0.3, 0.4) is 0 Å². The third-order valence-corrected chi connectivity index (χ3v) is 5.67. The van der Waals surface area contributed by atoms with E-state index in [2.05, 4.69) is 33.6 Å². The fraction of sp³-hybridized carbons (Fsp3) is 0.409. The summed E-state index contributed by atoms with van der Waals surface area (Å²) in [5.41, 5.74) is 4.25. The number of rotatable bonds is 1. The summed E-state index contributed by atoms with van der Waals surface area (Å²) in [5.74, 6) is 1.57. The van der Waals surface area contributed by atoms with E-state index in [1.54, 1.807) is 11.3 Å². The van der Waals surface area contributed by atoms with Crippen molar-refractivity contribution in [3.8, 4) is 5.00 Å². The van der Waals surface area contributed by atoms with Gasteiger partial charge in [-0.15, -0.1) is 21.5 Å². The average Bonchev–Trinajstić information content (AvgIpc) is 3.09. The Hall–Kier alpha value is -2.87. The van der Waals surface area contributed by atoms with Gasteiger partial charge in [-0.3, -0.25) is 19.3 Å². The molecule has 0 aliphatic carbocycles. The summed E-state index contributed by atoms with van der Waals surface area (Å²) in [6.45, 7) is 13.8. The van der Waals surface area contributed by atoms with E-state index in [1.807, 2.05) is 52.2 Å². The zero-order chi connectivity index (χ0) is 22.1. The van der Waals surface area contributed by atoms with Crippen LogP contribution >= 0.6 is 11.3 Å². The Balaban J connectivity index is 0.000000275. The number of hydrogen-bond donors (Lipinski definition) is 0. The van der Waals surface area contributed by atoms with Crippen molar-refractivity contribution in [1.29, 1.82) is 0 Å². The van der Waals surface area contributed by atoms with Crippen LogP contribution in [-0.4, -0.2) is 37.0 Å². The second-order valence-corrected chi connectivity index (χ2v) is 9.27. The normalized spacial score (nSPS) is 12.7. The van der Waals surface area contributed by atoms with E-state index in [4.69, 9.17) is 9.73 Å². The molecule has 0 spiro atoms. The highest BCUT2D eigenvalue weighted by Crippen LogP contribution is 2.35. The van der Waals surface area contributed by atoms with Crippen molar-refractivity contribution in [1.82, 2.24) is 19.7 Å². The number of aromatic nitrogens is 4. The number of pyridine rings is 1. The summed E-state index contributed by atoms with van der Waals surface area (Å²) >= 11 is 1.78. The minimum atomic E-state index is -0.328. The summed E-state index contributed by atoms with van der Waals surface area (Å²) in [6, 6.07) is 4.02. The van der Waals surface area contributed by atoms with Crippen molar-refractivity contribution in [2.45, 2.75) is 60.6 Å². The molecule has 1 aliphatic heterocycles. The lowest BCUT2D eigenvalue weighted by molar-refractivity contribution is -0.151. The van der Waals surface area contributed by atoms with E-state index < -0.39 is 0 Å². The number of carbonyl (C=O) groups excluding carboxylic acids is 1. The molecule has 7 nitrogen and oxygen atoms in total. The molecule has 0 bridgehead atoms. The van der Waals surface area contributed by atoms with Crippen molar-refractivity contribution in [2.75, 3.05) is 0 Å². The van der Waals surface area contributed by atoms with Crippen LogP contribution in [0.1, 0.15) is 60.9 Å². The van der Waals surface area contributed by atoms with Crippen molar-refractivity contribution < 1.29 is 9.53 Å². The second-order valence-electron chi connectivity index (χ2n) is 8.07. The lowest BCUT2D eigenvalue weighted by Gasteiger charge is -2.17. The van der Waals surface area contributed by atoms with Gasteiger partial charge in [0.15, 0.2) is 5.82 Å². The van der Waals surface area contributed by atoms with Gasteiger partial charge in [-0.1, -0.05) is 0 Å². The Morgan fingerprint density at radius 2 is 1.80 bits per heavy atom. The maximum Gasteiger partial charge on any atom is 0.303 e. The number of nitrogens with zero attached hydrogens (tertiary/aromatic N) is 5. The molecule has 30 heavy (non-hydrogen) atoms. The highest BCUT2D eigenvalue weighted by atomic mass is 32.1. The van der Waals surface area contributed by atoms with Crippen molar-refractivity contribution >= 4 is 23.0 Å². The third-order valence-electron chi connectivity index (χ3n) is 4.48. The number of carbonyl (C=O) groups is 1. The van der Waals surface area contributed by atoms with E-state index >= 15 is 0 Å². The molecule has 0 saturated heterocycles. The van der Waals surface area contributed by atoms with E-state index in [0.717, 1.165) is 22.9 Å². The van der Waals surface area contributed by atoms with Crippen LogP contribution in [0.25, 0.3) is 5.00 Å². The Kier molecular flexibility index (Phi) is 6.17. The maximum absolute atomic E-state index is 10.2. The molecule has 0 amide bonds. The lowest BCUT2D eigenvalue weighted by Crippen LogP contribution is -2.21. The van der Waals surface area contributed by atoms with Crippen LogP contribution < -0.4 is 0 Å². The van der Waals surface area contributed by atoms with Crippen LogP contribution in [0, 0.1) is 20.8 Å². The van der Waals surface area contributed by atoms with Gasteiger partial charge in [0.1, 0.15) is 23.0 Å². The Bertz CT molecular complexity index is 1090. The van der Waals surface area contributed by atoms with Crippen LogP contribution in [0.2, 0.25) is 0 Å². The fourth-order valence-electron chi connectivity index (χ4n) is 3.22. The number of thiophene rings is 1. The number of hydrogen-bond acceptors (Lipinski definition) is 7. The fourth-order valence-corrected chi connectivity index (χ4v) is 4.45. The second kappa shape index (κ2) is 8.47. The predicted molar refractivity (Wildman–Crippen MR) is 119 cm³/mol. The van der Waals surface area contributed by atoms with Crippen molar-refractivity contribution in [3.63, 3.8) is 0 Å². The molecule has 0 fully saturated rings. The van der Waals surface area contributed by atoms with E-state index in [0.29, 0.717) is 6.54 Å². The van der Waals surface area contributed by atoms with Crippen LogP contribution in [0.5, 0.6) is 0 Å². The average molecular weight is 426 g/mol. The molecule has 0 radical (unpaired) electrons. The third kappa shape index (κ3) is 4.64. The molecule has 4 heterocycles. The minimum Gasteiger partial charge on any atom is -0.460 e. The first kappa shape index (κ1) is 21.8. The van der Waals surface area contributed by atoms with Gasteiger partial charge in [0, 0.05) is 35.3 Å². The first-order valence-corrected chi connectivity index (χ1v) is 10.6. The Morgan fingerprint density at radius 3 is 2.37 bits per heavy atom. The summed E-state index contributed by atoms with van der Waals surface area (Å²) < 4.78 is 6.94. The molecule has 1 aliphatic rings. The summed E-state index contributed by atoms with van der Waals surface area (Å²) in [4.78, 5) is 20.5. The molecule has 3 aromatic heterocycles. The highest BCUT2D eigenvalue weighted by Gasteiger charge is 2.26. The minimum absolute atomic E-state index is 0.225. The molecular formula is C22H27N5O2S. The number of ether oxygens (including phenoxy) is 1. The highest BCUT2D eigenvalue weighted by molar-refractivity contribution is 7.15. The monoisotopic (exact) mass is 425 g/mol. The summed E-state index contributed by atoms with van der Waals surface area (Å²) in [5, 5.41) is 9.67. The number of esters is 1. The van der Waals surface area contributed by atoms with Gasteiger partial charge in [0.2, 0.25) is 0 Å². The number of aliphatic imine (C=N–C) groups is 1. The molecule has 4 rings (SSSR count). The first-order valence-electron chi connectivity index (χ1n) is 9.74. The van der Waals surface area contributed by atoms with Crippen molar-refractivity contribution in [3.05, 3.63) is 57.7 Å². The Labute approximate surface area is 180 Å². The van der Waals surface area contributed by atoms with Gasteiger partial charge in [0.25, 0.3) is 0 Å². The number of fused-ring (bicyclic) bond motifs is 3. The molecule has 0 unspecified atom stereocenters. The largest absolute Gasteiger partial charge is 0.460 e. The van der Waals surface area contributed by atoms with E-state index in [1.165, 1.54) is 27.9 Å². The molecule has 0 aromatic carbocycles. The van der Waals surface area contributed by atoms with Gasteiger partial charge < -0.3 is 4.74 Å². The van der Waals surface area contributed by atoms with E-state index in [-0.39, 0.29) is 11.6 Å². The predicted octanol–water partition coefficient (Wildman–Crippen LogP) is 4.35. The zero-order valence-electron chi connectivity index (χ0n) is 18.5. The molecule has 0 saturated carbocycles. The quantitative estimate of drug-likeness (QED) is 0.542. The Morgan fingerprint density at radius 1 is 1.13 bits per heavy atom. The molecule has 3 aromatic rings. The van der Waals surface area contributed by atoms with Crippen LogP contribution in [-0.2, 0) is 16.1 Å². The van der Waals surface area contributed by atoms with Crippen LogP contribution in [0.4, 0.5) is 0 Å². The van der Waals surface area contributed by atoms with Gasteiger partial charge in [-0.05, 0) is 59.2 Å². The summed E-state index contributed by atoms with van der Waals surface area (Å²) in [6.07, 6.45) is 3.62. The standard InChI is InChI=1S/C16H15N5S.C6H12O2/c1-9-10(2)22-16-14(9)15(12-4-6-17-7-5-12)18-8-13-20-19-11(3)21(13)16;1-5(7)8-6(2,3)4/h4-7H,8H2,1-3H3;1-4H3. The van der Waals surface area contributed by atoms with Gasteiger partial charge in [-0.25, -0.2) is 0 Å². The molecular weight excluding hydrogens is 398 g/mol. The van der Waals surface area contributed by atoms with Crippen molar-refractivity contribution in [2.24, 2.45) is 4.99 Å². The first-order chi connectivity index (χ1) is 14.1. The van der Waals surface area contributed by atoms with E-state index in [9.17, 15) is 4.79 Å².